The van der Waals surface area contributed by atoms with E-state index < -0.39 is 0 Å². The van der Waals surface area contributed by atoms with Crippen LogP contribution in [-0.2, 0) is 6.54 Å². The SMILES string of the molecule is CCCn1nccc1C(=O)c1cc2ccc(F)cc2s1. The van der Waals surface area contributed by atoms with Crippen molar-refractivity contribution in [3.05, 3.63) is 52.9 Å². The number of halogens is 1. The van der Waals surface area contributed by atoms with Crippen LogP contribution in [0.4, 0.5) is 4.39 Å². The topological polar surface area (TPSA) is 34.9 Å². The van der Waals surface area contributed by atoms with Gasteiger partial charge in [-0.25, -0.2) is 4.39 Å². The lowest BCUT2D eigenvalue weighted by Crippen LogP contribution is -2.10. The zero-order chi connectivity index (χ0) is 14.1. The van der Waals surface area contributed by atoms with Gasteiger partial charge in [0.2, 0.25) is 5.78 Å². The van der Waals surface area contributed by atoms with Gasteiger partial charge < -0.3 is 0 Å². The molecule has 0 aliphatic heterocycles. The summed E-state index contributed by atoms with van der Waals surface area (Å²) >= 11 is 1.31. The Morgan fingerprint density at radius 2 is 2.20 bits per heavy atom. The standard InChI is InChI=1S/C15H13FN2OS/c1-2-7-18-12(5-6-17-18)15(19)14-8-10-3-4-11(16)9-13(10)20-14/h3-6,8-9H,2,7H2,1H3. The molecule has 0 N–H and O–H groups in total. The average Bonchev–Trinajstić information content (AvgIpc) is 3.04. The third kappa shape index (κ3) is 2.25. The number of ketones is 1. The molecule has 0 radical (unpaired) electrons. The molecule has 2 heterocycles. The smallest absolute Gasteiger partial charge is 0.220 e. The molecular weight excluding hydrogens is 275 g/mol. The van der Waals surface area contributed by atoms with Gasteiger partial charge in [0.05, 0.1) is 4.88 Å². The van der Waals surface area contributed by atoms with Gasteiger partial charge in [0.1, 0.15) is 11.5 Å². The Balaban J connectivity index is 2.01. The second-order valence-electron chi connectivity index (χ2n) is 4.56. The van der Waals surface area contributed by atoms with Gasteiger partial charge in [-0.1, -0.05) is 13.0 Å². The lowest BCUT2D eigenvalue weighted by Gasteiger charge is -2.03. The molecule has 0 amide bonds. The summed E-state index contributed by atoms with van der Waals surface area (Å²) in [4.78, 5) is 13.1. The monoisotopic (exact) mass is 288 g/mol. The minimum absolute atomic E-state index is 0.0578. The molecule has 2 aromatic heterocycles. The van der Waals surface area contributed by atoms with Crippen molar-refractivity contribution >= 4 is 27.2 Å². The van der Waals surface area contributed by atoms with Gasteiger partial charge in [0.15, 0.2) is 0 Å². The van der Waals surface area contributed by atoms with Gasteiger partial charge in [0.25, 0.3) is 0 Å². The quantitative estimate of drug-likeness (QED) is 0.683. The van der Waals surface area contributed by atoms with Gasteiger partial charge in [0, 0.05) is 17.4 Å². The summed E-state index contributed by atoms with van der Waals surface area (Å²) in [5.74, 6) is -0.341. The van der Waals surface area contributed by atoms with E-state index in [4.69, 9.17) is 0 Å². The maximum Gasteiger partial charge on any atom is 0.220 e. The third-order valence-electron chi connectivity index (χ3n) is 3.09. The number of hydrogen-bond acceptors (Lipinski definition) is 3. The van der Waals surface area contributed by atoms with Crippen molar-refractivity contribution in [2.24, 2.45) is 0 Å². The maximum absolute atomic E-state index is 13.2. The van der Waals surface area contributed by atoms with Crippen molar-refractivity contribution in [3.63, 3.8) is 0 Å². The summed E-state index contributed by atoms with van der Waals surface area (Å²) < 4.78 is 15.7. The van der Waals surface area contributed by atoms with Crippen LogP contribution < -0.4 is 0 Å². The first-order chi connectivity index (χ1) is 9.69. The highest BCUT2D eigenvalue weighted by molar-refractivity contribution is 7.21. The second kappa shape index (κ2) is 5.17. The van der Waals surface area contributed by atoms with Crippen LogP contribution in [0.15, 0.2) is 36.5 Å². The van der Waals surface area contributed by atoms with Crippen LogP contribution in [0.1, 0.15) is 28.7 Å². The van der Waals surface area contributed by atoms with Crippen LogP contribution in [0.25, 0.3) is 10.1 Å². The number of hydrogen-bond donors (Lipinski definition) is 0. The van der Waals surface area contributed by atoms with E-state index in [0.29, 0.717) is 17.1 Å². The molecule has 20 heavy (non-hydrogen) atoms. The molecule has 0 unspecified atom stereocenters. The first kappa shape index (κ1) is 13.0. The lowest BCUT2D eigenvalue weighted by molar-refractivity contribution is 0.103. The number of carbonyl (C=O) groups excluding carboxylic acids is 1. The van der Waals surface area contributed by atoms with Crippen LogP contribution in [0, 0.1) is 5.82 Å². The largest absolute Gasteiger partial charge is 0.286 e. The van der Waals surface area contributed by atoms with E-state index in [9.17, 15) is 9.18 Å². The van der Waals surface area contributed by atoms with Crippen molar-refractivity contribution in [1.82, 2.24) is 9.78 Å². The van der Waals surface area contributed by atoms with E-state index in [1.165, 1.54) is 23.5 Å². The highest BCUT2D eigenvalue weighted by atomic mass is 32.1. The molecule has 1 aromatic carbocycles. The van der Waals surface area contributed by atoms with Crippen molar-refractivity contribution in [2.45, 2.75) is 19.9 Å². The summed E-state index contributed by atoms with van der Waals surface area (Å²) in [6, 6.07) is 8.10. The lowest BCUT2D eigenvalue weighted by atomic mass is 10.2. The Morgan fingerprint density at radius 3 is 3.00 bits per heavy atom. The summed E-state index contributed by atoms with van der Waals surface area (Å²) in [6.07, 6.45) is 2.55. The number of carbonyl (C=O) groups is 1. The average molecular weight is 288 g/mol. The Labute approximate surface area is 119 Å². The summed E-state index contributed by atoms with van der Waals surface area (Å²) in [7, 11) is 0. The van der Waals surface area contributed by atoms with Gasteiger partial charge in [-0.15, -0.1) is 11.3 Å². The zero-order valence-corrected chi connectivity index (χ0v) is 11.8. The molecule has 0 bridgehead atoms. The minimum atomic E-state index is -0.283. The van der Waals surface area contributed by atoms with E-state index in [-0.39, 0.29) is 11.6 Å². The number of benzene rings is 1. The van der Waals surface area contributed by atoms with E-state index >= 15 is 0 Å². The van der Waals surface area contributed by atoms with Crippen molar-refractivity contribution < 1.29 is 9.18 Å². The molecule has 0 fully saturated rings. The first-order valence-corrected chi connectivity index (χ1v) is 7.26. The summed E-state index contributed by atoms with van der Waals surface area (Å²) in [5, 5.41) is 5.05. The Bertz CT molecular complexity index is 775. The number of aryl methyl sites for hydroxylation is 1. The van der Waals surface area contributed by atoms with Crippen LogP contribution in [-0.4, -0.2) is 15.6 Å². The molecule has 0 atom stereocenters. The molecule has 0 aliphatic carbocycles. The van der Waals surface area contributed by atoms with Crippen LogP contribution in [0.2, 0.25) is 0 Å². The predicted molar refractivity (Wildman–Crippen MR) is 77.7 cm³/mol. The van der Waals surface area contributed by atoms with Gasteiger partial charge in [-0.2, -0.15) is 5.10 Å². The predicted octanol–water partition coefficient (Wildman–Crippen LogP) is 3.88. The van der Waals surface area contributed by atoms with Gasteiger partial charge >= 0.3 is 0 Å². The normalized spacial score (nSPS) is 11.1. The Hall–Kier alpha value is -2.01. The number of rotatable bonds is 4. The van der Waals surface area contributed by atoms with E-state index in [1.807, 2.05) is 13.0 Å². The van der Waals surface area contributed by atoms with E-state index in [0.717, 1.165) is 16.5 Å². The molecule has 0 saturated heterocycles. The van der Waals surface area contributed by atoms with Crippen molar-refractivity contribution in [1.29, 1.82) is 0 Å². The first-order valence-electron chi connectivity index (χ1n) is 6.44. The fraction of sp³-hybridized carbons (Fsp3) is 0.200. The van der Waals surface area contributed by atoms with Crippen LogP contribution >= 0.6 is 11.3 Å². The molecule has 5 heteroatoms. The van der Waals surface area contributed by atoms with Crippen molar-refractivity contribution in [3.8, 4) is 0 Å². The summed E-state index contributed by atoms with van der Waals surface area (Å²) in [5.41, 5.74) is 0.582. The molecule has 3 rings (SSSR count). The number of nitrogens with zero attached hydrogens (tertiary/aromatic N) is 2. The molecule has 3 aromatic rings. The number of aromatic nitrogens is 2. The van der Waals surface area contributed by atoms with Crippen LogP contribution in [0.3, 0.4) is 0 Å². The minimum Gasteiger partial charge on any atom is -0.286 e. The fourth-order valence-corrected chi connectivity index (χ4v) is 3.20. The highest BCUT2D eigenvalue weighted by Crippen LogP contribution is 2.28. The van der Waals surface area contributed by atoms with E-state index in [1.54, 1.807) is 23.0 Å². The molecular formula is C15H13FN2OS. The molecule has 3 nitrogen and oxygen atoms in total. The molecule has 0 aliphatic rings. The Morgan fingerprint density at radius 1 is 1.35 bits per heavy atom. The Kier molecular flexibility index (Phi) is 3.36. The van der Waals surface area contributed by atoms with Gasteiger partial charge in [-0.05, 0) is 36.1 Å². The van der Waals surface area contributed by atoms with Crippen molar-refractivity contribution in [2.75, 3.05) is 0 Å². The number of fused-ring (bicyclic) bond motifs is 1. The van der Waals surface area contributed by atoms with E-state index in [2.05, 4.69) is 5.10 Å². The molecule has 0 saturated carbocycles. The molecule has 0 spiro atoms. The highest BCUT2D eigenvalue weighted by Gasteiger charge is 2.16. The summed E-state index contributed by atoms with van der Waals surface area (Å²) in [6.45, 7) is 2.76. The molecule has 102 valence electrons. The van der Waals surface area contributed by atoms with Gasteiger partial charge in [-0.3, -0.25) is 9.48 Å². The zero-order valence-electron chi connectivity index (χ0n) is 11.0. The fourth-order valence-electron chi connectivity index (χ4n) is 2.16. The third-order valence-corrected chi connectivity index (χ3v) is 4.19. The van der Waals surface area contributed by atoms with Crippen LogP contribution in [0.5, 0.6) is 0 Å². The maximum atomic E-state index is 13.2. The number of thiophene rings is 1. The second-order valence-corrected chi connectivity index (χ2v) is 5.65.